The molecule has 3 nitrogen and oxygen atoms in total. The predicted octanol–water partition coefficient (Wildman–Crippen LogP) is 0.444. The zero-order chi connectivity index (χ0) is 7.44. The highest BCUT2D eigenvalue weighted by molar-refractivity contribution is 5.73. The molecule has 0 radical (unpaired) electrons. The number of rotatable bonds is 3. The van der Waals surface area contributed by atoms with Crippen LogP contribution in [0.2, 0.25) is 0 Å². The smallest absolute Gasteiger partial charge is 0.320 e. The lowest BCUT2D eigenvalue weighted by Crippen LogP contribution is -2.36. The third-order valence-electron chi connectivity index (χ3n) is 1.54. The van der Waals surface area contributed by atoms with Gasteiger partial charge in [-0.3, -0.25) is 4.79 Å². The van der Waals surface area contributed by atoms with Crippen molar-refractivity contribution >= 4 is 5.97 Å². The van der Waals surface area contributed by atoms with E-state index in [2.05, 4.69) is 0 Å². The minimum atomic E-state index is -0.913. The first kappa shape index (κ1) is 8.43. The fourth-order valence-corrected chi connectivity index (χ4v) is 0.497. The van der Waals surface area contributed by atoms with Crippen molar-refractivity contribution in [3.63, 3.8) is 0 Å². The third kappa shape index (κ3) is 2.46. The summed E-state index contributed by atoms with van der Waals surface area (Å²) in [6.45, 7) is 3.76. The summed E-state index contributed by atoms with van der Waals surface area (Å²) in [5.74, 6) is -0.841. The van der Waals surface area contributed by atoms with Gasteiger partial charge in [0.15, 0.2) is 0 Å². The van der Waals surface area contributed by atoms with E-state index in [4.69, 9.17) is 10.8 Å². The highest BCUT2D eigenvalue weighted by Gasteiger charge is 2.17. The topological polar surface area (TPSA) is 63.3 Å². The molecular weight excluding hydrogens is 119 g/mol. The number of carboxylic acids is 1. The fraction of sp³-hybridized carbons (Fsp3) is 0.833. The lowest BCUT2D eigenvalue weighted by molar-refractivity contribution is -0.139. The van der Waals surface area contributed by atoms with Gasteiger partial charge in [0.25, 0.3) is 0 Å². The molecule has 0 heterocycles. The van der Waals surface area contributed by atoms with Gasteiger partial charge in [-0.15, -0.1) is 0 Å². The van der Waals surface area contributed by atoms with E-state index in [1.807, 2.05) is 13.8 Å². The number of hydrogen-bond donors (Lipinski definition) is 2. The van der Waals surface area contributed by atoms with Gasteiger partial charge in [0.2, 0.25) is 0 Å². The number of aliphatic carboxylic acids is 1. The van der Waals surface area contributed by atoms with Crippen molar-refractivity contribution in [2.24, 2.45) is 11.7 Å². The molecule has 0 fully saturated rings. The van der Waals surface area contributed by atoms with E-state index in [1.165, 1.54) is 0 Å². The van der Waals surface area contributed by atoms with Gasteiger partial charge in [-0.2, -0.15) is 0 Å². The summed E-state index contributed by atoms with van der Waals surface area (Å²) in [5, 5.41) is 8.36. The Labute approximate surface area is 54.9 Å². The van der Waals surface area contributed by atoms with Gasteiger partial charge >= 0.3 is 5.97 Å². The van der Waals surface area contributed by atoms with Gasteiger partial charge in [0.05, 0.1) is 0 Å². The minimum absolute atomic E-state index is 0.0718. The highest BCUT2D eigenvalue weighted by Crippen LogP contribution is 2.04. The van der Waals surface area contributed by atoms with E-state index in [9.17, 15) is 4.79 Å². The Morgan fingerprint density at radius 1 is 1.78 bits per heavy atom. The van der Waals surface area contributed by atoms with Crippen molar-refractivity contribution in [3.05, 3.63) is 0 Å². The van der Waals surface area contributed by atoms with E-state index in [0.29, 0.717) is 0 Å². The Hall–Kier alpha value is -0.570. The summed E-state index contributed by atoms with van der Waals surface area (Å²) in [7, 11) is 0. The number of nitrogens with two attached hydrogens (primary N) is 1. The molecule has 2 unspecified atom stereocenters. The van der Waals surface area contributed by atoms with Crippen molar-refractivity contribution in [1.29, 1.82) is 0 Å². The van der Waals surface area contributed by atoms with Crippen LogP contribution in [0.25, 0.3) is 0 Å². The normalized spacial score (nSPS) is 16.8. The van der Waals surface area contributed by atoms with Crippen LogP contribution in [-0.4, -0.2) is 17.1 Å². The van der Waals surface area contributed by atoms with Crippen LogP contribution in [0.1, 0.15) is 20.3 Å². The van der Waals surface area contributed by atoms with Crippen LogP contribution in [0.3, 0.4) is 0 Å². The van der Waals surface area contributed by atoms with Crippen molar-refractivity contribution in [2.75, 3.05) is 0 Å². The summed E-state index contributed by atoms with van der Waals surface area (Å²) < 4.78 is 0. The largest absolute Gasteiger partial charge is 0.480 e. The first-order valence-electron chi connectivity index (χ1n) is 3.08. The van der Waals surface area contributed by atoms with Crippen LogP contribution >= 0.6 is 0 Å². The molecular formula is C6H13NO2. The highest BCUT2D eigenvalue weighted by atomic mass is 16.4. The maximum Gasteiger partial charge on any atom is 0.320 e. The second kappa shape index (κ2) is 3.45. The molecule has 54 valence electrons. The molecule has 0 bridgehead atoms. The van der Waals surface area contributed by atoms with Gasteiger partial charge in [-0.05, 0) is 5.92 Å². The van der Waals surface area contributed by atoms with Crippen LogP contribution < -0.4 is 5.73 Å². The summed E-state index contributed by atoms with van der Waals surface area (Å²) in [5.41, 5.74) is 5.27. The molecule has 9 heavy (non-hydrogen) atoms. The minimum Gasteiger partial charge on any atom is -0.480 e. The molecule has 0 aliphatic carbocycles. The molecule has 2 atom stereocenters. The van der Waals surface area contributed by atoms with Crippen LogP contribution in [0.5, 0.6) is 0 Å². The van der Waals surface area contributed by atoms with Crippen molar-refractivity contribution in [1.82, 2.24) is 0 Å². The lowest BCUT2D eigenvalue weighted by atomic mass is 10.0. The number of carboxylic acid groups (broad SMARTS) is 1. The molecule has 0 amide bonds. The Balaban J connectivity index is 3.72. The van der Waals surface area contributed by atoms with Gasteiger partial charge in [-0.25, -0.2) is 0 Å². The summed E-state index contributed by atoms with van der Waals surface area (Å²) in [6, 6.07) is -0.699. The standard InChI is InChI=1S/C6H13NO2/c1-3-4(2)5(7)6(8)9/h4-5H,3,7H2,1-2H3,(H,8,9)/i7+1. The van der Waals surface area contributed by atoms with Crippen molar-refractivity contribution in [3.8, 4) is 0 Å². The fourth-order valence-electron chi connectivity index (χ4n) is 0.497. The average molecular weight is 132 g/mol. The second-order valence-electron chi connectivity index (χ2n) is 2.25. The van der Waals surface area contributed by atoms with Gasteiger partial charge < -0.3 is 10.8 Å². The first-order chi connectivity index (χ1) is 4.09. The maximum atomic E-state index is 10.2. The molecule has 0 aliphatic rings. The monoisotopic (exact) mass is 132 g/mol. The van der Waals surface area contributed by atoms with Crippen LogP contribution in [-0.2, 0) is 4.79 Å². The van der Waals surface area contributed by atoms with E-state index < -0.39 is 12.0 Å². The van der Waals surface area contributed by atoms with Crippen molar-refractivity contribution < 1.29 is 9.90 Å². The van der Waals surface area contributed by atoms with Crippen LogP contribution in [0.15, 0.2) is 0 Å². The molecule has 3 N–H and O–H groups in total. The van der Waals surface area contributed by atoms with Crippen LogP contribution in [0, 0.1) is 5.92 Å². The molecule has 0 aliphatic heterocycles. The molecule has 3 heteroatoms. The molecule has 0 aromatic heterocycles. The Bertz CT molecular complexity index is 103. The van der Waals surface area contributed by atoms with E-state index in [0.717, 1.165) is 6.42 Å². The first-order valence-corrected chi connectivity index (χ1v) is 3.08. The molecule has 0 saturated heterocycles. The molecule has 0 saturated carbocycles. The van der Waals surface area contributed by atoms with E-state index in [1.54, 1.807) is 0 Å². The Morgan fingerprint density at radius 3 is 2.33 bits per heavy atom. The average Bonchev–Trinajstić information content (AvgIpc) is 1.84. The molecule has 0 aromatic carbocycles. The van der Waals surface area contributed by atoms with Gasteiger partial charge in [0.1, 0.15) is 6.04 Å². The SMILES string of the molecule is CCC(C)C([15NH2])C(=O)O. The van der Waals surface area contributed by atoms with Gasteiger partial charge in [-0.1, -0.05) is 20.3 Å². The zero-order valence-corrected chi connectivity index (χ0v) is 5.79. The quantitative estimate of drug-likeness (QED) is 0.548. The van der Waals surface area contributed by atoms with Gasteiger partial charge in [0, 0.05) is 0 Å². The maximum absolute atomic E-state index is 10.2. The second-order valence-corrected chi connectivity index (χ2v) is 2.25. The van der Waals surface area contributed by atoms with Crippen molar-refractivity contribution in [2.45, 2.75) is 26.3 Å². The summed E-state index contributed by atoms with van der Waals surface area (Å²) in [6.07, 6.45) is 0.813. The van der Waals surface area contributed by atoms with E-state index >= 15 is 0 Å². The lowest BCUT2D eigenvalue weighted by Gasteiger charge is -2.11. The molecule has 0 rings (SSSR count). The number of carbonyl (C=O) groups is 1. The third-order valence-corrected chi connectivity index (χ3v) is 1.54. The Morgan fingerprint density at radius 2 is 2.22 bits per heavy atom. The summed E-state index contributed by atoms with van der Waals surface area (Å²) >= 11 is 0. The molecule has 0 spiro atoms. The summed E-state index contributed by atoms with van der Waals surface area (Å²) in [4.78, 5) is 10.2. The number of hydrogen-bond acceptors (Lipinski definition) is 2. The zero-order valence-electron chi connectivity index (χ0n) is 5.79. The Kier molecular flexibility index (Phi) is 3.24. The van der Waals surface area contributed by atoms with Crippen LogP contribution in [0.4, 0.5) is 0 Å². The molecule has 0 aromatic rings. The van der Waals surface area contributed by atoms with E-state index in [-0.39, 0.29) is 5.92 Å². The predicted molar refractivity (Wildman–Crippen MR) is 35.1 cm³/mol.